The molecule has 0 spiro atoms. The Morgan fingerprint density at radius 2 is 1.86 bits per heavy atom. The van der Waals surface area contributed by atoms with Crippen LogP contribution in [0.2, 0.25) is 0 Å². The van der Waals surface area contributed by atoms with Crippen molar-refractivity contribution in [2.75, 3.05) is 39.9 Å². The summed E-state index contributed by atoms with van der Waals surface area (Å²) in [6.07, 6.45) is 1.01. The van der Waals surface area contributed by atoms with E-state index in [4.69, 9.17) is 9.47 Å². The molecule has 0 bridgehead atoms. The fourth-order valence-corrected chi connectivity index (χ4v) is 4.02. The highest BCUT2D eigenvalue weighted by atomic mass is 16.5. The third kappa shape index (κ3) is 4.34. The van der Waals surface area contributed by atoms with Crippen LogP contribution >= 0.6 is 0 Å². The summed E-state index contributed by atoms with van der Waals surface area (Å²) in [7, 11) is 1.72. The van der Waals surface area contributed by atoms with Crippen LogP contribution in [-0.4, -0.2) is 44.8 Å². The van der Waals surface area contributed by atoms with Gasteiger partial charge in [0, 0.05) is 13.1 Å². The number of hydrogen-bond acceptors (Lipinski definition) is 4. The number of aryl methyl sites for hydroxylation is 1. The third-order valence-electron chi connectivity index (χ3n) is 6.00. The second kappa shape index (κ2) is 9.44. The molecule has 0 saturated carbocycles. The summed E-state index contributed by atoms with van der Waals surface area (Å²) in [6.45, 7) is 13.4. The van der Waals surface area contributed by atoms with Gasteiger partial charge in [-0.15, -0.1) is 0 Å². The van der Waals surface area contributed by atoms with E-state index < -0.39 is 0 Å². The molecule has 4 nitrogen and oxygen atoms in total. The van der Waals surface area contributed by atoms with Crippen molar-refractivity contribution in [3.8, 4) is 11.5 Å². The van der Waals surface area contributed by atoms with E-state index >= 15 is 0 Å². The maximum Gasteiger partial charge on any atom is 0.161 e. The van der Waals surface area contributed by atoms with Gasteiger partial charge in [-0.25, -0.2) is 0 Å². The van der Waals surface area contributed by atoms with Gasteiger partial charge >= 0.3 is 0 Å². The lowest BCUT2D eigenvalue weighted by atomic mass is 9.86. The molecule has 1 aliphatic heterocycles. The van der Waals surface area contributed by atoms with E-state index in [1.54, 1.807) is 7.11 Å². The number of ether oxygens (including phenoxy) is 2. The van der Waals surface area contributed by atoms with E-state index in [9.17, 15) is 0 Å². The first-order valence-electron chi connectivity index (χ1n) is 10.4. The number of fused-ring (bicyclic) bond motifs is 1. The molecule has 152 valence electrons. The van der Waals surface area contributed by atoms with Crippen molar-refractivity contribution < 1.29 is 9.47 Å². The first kappa shape index (κ1) is 20.7. The molecule has 0 fully saturated rings. The molecular formula is C24H34N2O2. The summed E-state index contributed by atoms with van der Waals surface area (Å²) < 4.78 is 11.8. The number of benzene rings is 2. The monoisotopic (exact) mass is 382 g/mol. The van der Waals surface area contributed by atoms with Crippen LogP contribution < -0.4 is 14.8 Å². The SMILES string of the molecule is CCN(CC)CCOc1cc2c(cc1OC)CCNC2c1cccc(C)c1C. The molecule has 0 amide bonds. The average molecular weight is 383 g/mol. The zero-order valence-corrected chi connectivity index (χ0v) is 18.0. The van der Waals surface area contributed by atoms with Gasteiger partial charge in [-0.05, 0) is 73.3 Å². The van der Waals surface area contributed by atoms with Crippen LogP contribution in [0.4, 0.5) is 0 Å². The third-order valence-corrected chi connectivity index (χ3v) is 6.00. The molecular weight excluding hydrogens is 348 g/mol. The predicted octanol–water partition coefficient (Wildman–Crippen LogP) is 4.27. The van der Waals surface area contributed by atoms with Crippen molar-refractivity contribution in [2.45, 2.75) is 40.2 Å². The van der Waals surface area contributed by atoms with Crippen LogP contribution in [0.3, 0.4) is 0 Å². The second-order valence-corrected chi connectivity index (χ2v) is 7.50. The molecule has 1 atom stereocenters. The Hall–Kier alpha value is -2.04. The molecule has 1 unspecified atom stereocenters. The molecule has 4 heteroatoms. The van der Waals surface area contributed by atoms with Crippen molar-refractivity contribution in [2.24, 2.45) is 0 Å². The van der Waals surface area contributed by atoms with Crippen LogP contribution in [0, 0.1) is 13.8 Å². The van der Waals surface area contributed by atoms with Crippen molar-refractivity contribution in [1.82, 2.24) is 10.2 Å². The van der Waals surface area contributed by atoms with E-state index in [0.717, 1.165) is 44.1 Å². The fourth-order valence-electron chi connectivity index (χ4n) is 4.02. The highest BCUT2D eigenvalue weighted by Gasteiger charge is 2.25. The van der Waals surface area contributed by atoms with E-state index in [1.807, 2.05) is 0 Å². The Bertz CT molecular complexity index is 799. The Kier molecular flexibility index (Phi) is 6.97. The molecule has 28 heavy (non-hydrogen) atoms. The van der Waals surface area contributed by atoms with Gasteiger partial charge in [0.2, 0.25) is 0 Å². The molecule has 0 radical (unpaired) electrons. The smallest absolute Gasteiger partial charge is 0.161 e. The minimum Gasteiger partial charge on any atom is -0.493 e. The lowest BCUT2D eigenvalue weighted by molar-refractivity contribution is 0.217. The van der Waals surface area contributed by atoms with Crippen molar-refractivity contribution >= 4 is 0 Å². The number of likely N-dealkylation sites (N-methyl/N-ethyl adjacent to an activating group) is 1. The standard InChI is InChI=1S/C24H34N2O2/c1-6-26(7-2)13-14-28-23-16-21-19(15-22(23)27-5)11-12-25-24(21)20-10-8-9-17(3)18(20)4/h8-10,15-16,24-25H,6-7,11-14H2,1-5H3. The first-order chi connectivity index (χ1) is 13.6. The molecule has 1 N–H and O–H groups in total. The number of nitrogens with one attached hydrogen (secondary N) is 1. The summed E-state index contributed by atoms with van der Waals surface area (Å²) in [4.78, 5) is 2.37. The summed E-state index contributed by atoms with van der Waals surface area (Å²) in [5, 5.41) is 3.71. The maximum atomic E-state index is 6.17. The largest absolute Gasteiger partial charge is 0.493 e. The van der Waals surface area contributed by atoms with Gasteiger partial charge < -0.3 is 19.7 Å². The number of nitrogens with zero attached hydrogens (tertiary/aromatic N) is 1. The molecule has 2 aromatic rings. The van der Waals surface area contributed by atoms with Gasteiger partial charge in [-0.3, -0.25) is 0 Å². The van der Waals surface area contributed by atoms with Crippen LogP contribution in [0.15, 0.2) is 30.3 Å². The van der Waals surface area contributed by atoms with Gasteiger partial charge in [0.1, 0.15) is 6.61 Å². The summed E-state index contributed by atoms with van der Waals surface area (Å²) >= 11 is 0. The van der Waals surface area contributed by atoms with E-state index in [0.29, 0.717) is 6.61 Å². The highest BCUT2D eigenvalue weighted by Crippen LogP contribution is 2.38. The number of methoxy groups -OCH3 is 1. The van der Waals surface area contributed by atoms with E-state index in [1.165, 1.54) is 27.8 Å². The molecule has 0 aromatic heterocycles. The van der Waals surface area contributed by atoms with E-state index in [-0.39, 0.29) is 6.04 Å². The number of rotatable bonds is 8. The lowest BCUT2D eigenvalue weighted by Gasteiger charge is -2.30. The molecule has 2 aromatic carbocycles. The Balaban J connectivity index is 1.91. The van der Waals surface area contributed by atoms with Gasteiger partial charge in [0.15, 0.2) is 11.5 Å². The summed E-state index contributed by atoms with van der Waals surface area (Å²) in [5.74, 6) is 1.67. The Morgan fingerprint density at radius 1 is 1.07 bits per heavy atom. The number of hydrogen-bond donors (Lipinski definition) is 1. The maximum absolute atomic E-state index is 6.17. The fraction of sp³-hybridized carbons (Fsp3) is 0.500. The molecule has 1 heterocycles. The van der Waals surface area contributed by atoms with Gasteiger partial charge in [-0.2, -0.15) is 0 Å². The molecule has 1 aliphatic rings. The van der Waals surface area contributed by atoms with Crippen LogP contribution in [0.1, 0.15) is 47.7 Å². The minimum absolute atomic E-state index is 0.194. The minimum atomic E-state index is 0.194. The van der Waals surface area contributed by atoms with Crippen molar-refractivity contribution in [1.29, 1.82) is 0 Å². The van der Waals surface area contributed by atoms with Crippen LogP contribution in [-0.2, 0) is 6.42 Å². The van der Waals surface area contributed by atoms with Crippen molar-refractivity contribution in [3.63, 3.8) is 0 Å². The second-order valence-electron chi connectivity index (χ2n) is 7.50. The van der Waals surface area contributed by atoms with Crippen LogP contribution in [0.5, 0.6) is 11.5 Å². The normalized spacial score (nSPS) is 16.1. The van der Waals surface area contributed by atoms with E-state index in [2.05, 4.69) is 68.2 Å². The van der Waals surface area contributed by atoms with Crippen molar-refractivity contribution in [3.05, 3.63) is 58.1 Å². The Morgan fingerprint density at radius 3 is 2.57 bits per heavy atom. The van der Waals surface area contributed by atoms with Gasteiger partial charge in [-0.1, -0.05) is 32.0 Å². The predicted molar refractivity (Wildman–Crippen MR) is 116 cm³/mol. The Labute approximate surface area is 169 Å². The highest BCUT2D eigenvalue weighted by molar-refractivity contribution is 5.53. The quantitative estimate of drug-likeness (QED) is 0.739. The average Bonchev–Trinajstić information content (AvgIpc) is 2.72. The zero-order chi connectivity index (χ0) is 20.1. The zero-order valence-electron chi connectivity index (χ0n) is 18.0. The van der Waals surface area contributed by atoms with Gasteiger partial charge in [0.25, 0.3) is 0 Å². The molecule has 0 aliphatic carbocycles. The summed E-state index contributed by atoms with van der Waals surface area (Å²) in [5.41, 5.74) is 6.68. The molecule has 0 saturated heterocycles. The molecule has 3 rings (SSSR count). The first-order valence-corrected chi connectivity index (χ1v) is 10.4. The van der Waals surface area contributed by atoms with Gasteiger partial charge in [0.05, 0.1) is 13.2 Å². The summed E-state index contributed by atoms with van der Waals surface area (Å²) in [6, 6.07) is 11.1. The van der Waals surface area contributed by atoms with Crippen LogP contribution in [0.25, 0.3) is 0 Å². The topological polar surface area (TPSA) is 33.7 Å². The lowest BCUT2D eigenvalue weighted by Crippen LogP contribution is -2.31.